The third-order valence-electron chi connectivity index (χ3n) is 4.65. The van der Waals surface area contributed by atoms with Crippen LogP contribution >= 0.6 is 31.9 Å². The number of halogens is 2. The Balaban J connectivity index is 2.08. The van der Waals surface area contributed by atoms with Crippen LogP contribution in [0.4, 0.5) is 4.79 Å². The summed E-state index contributed by atoms with van der Waals surface area (Å²) >= 11 is 6.60. The van der Waals surface area contributed by atoms with Gasteiger partial charge in [0, 0.05) is 5.70 Å². The molecule has 2 N–H and O–H groups in total. The van der Waals surface area contributed by atoms with Crippen LogP contribution in [-0.2, 0) is 16.1 Å². The number of nitrogens with zero attached hydrogens (tertiary/aromatic N) is 1. The van der Waals surface area contributed by atoms with Crippen molar-refractivity contribution in [2.45, 2.75) is 26.4 Å². The molecule has 1 aliphatic heterocycles. The van der Waals surface area contributed by atoms with E-state index in [1.54, 1.807) is 26.0 Å². The molecule has 2 aromatic rings. The number of nitrogens with one attached hydrogen (secondary N) is 1. The van der Waals surface area contributed by atoms with E-state index in [0.717, 1.165) is 5.56 Å². The number of carbonyl (C=O) groups excluding carboxylic acids is 2. The smallest absolute Gasteiger partial charge is 0.338 e. The van der Waals surface area contributed by atoms with Crippen LogP contribution < -0.4 is 5.32 Å². The lowest BCUT2D eigenvalue weighted by Gasteiger charge is -2.35. The molecule has 0 fully saturated rings. The van der Waals surface area contributed by atoms with Crippen molar-refractivity contribution in [3.8, 4) is 5.75 Å². The van der Waals surface area contributed by atoms with Gasteiger partial charge in [-0.1, -0.05) is 30.3 Å². The third kappa shape index (κ3) is 4.48. The number of benzene rings is 2. The predicted octanol–water partition coefficient (Wildman–Crippen LogP) is 5.02. The number of amides is 2. The molecule has 1 unspecified atom stereocenters. The maximum Gasteiger partial charge on any atom is 0.338 e. The molecule has 0 aromatic heterocycles. The monoisotopic (exact) mass is 522 g/mol. The van der Waals surface area contributed by atoms with E-state index < -0.39 is 12.0 Å². The van der Waals surface area contributed by atoms with E-state index in [0.29, 0.717) is 32.3 Å². The highest BCUT2D eigenvalue weighted by molar-refractivity contribution is 9.11. The minimum atomic E-state index is -0.707. The zero-order valence-electron chi connectivity index (χ0n) is 15.9. The Morgan fingerprint density at radius 2 is 1.83 bits per heavy atom. The molecule has 3 rings (SSSR count). The van der Waals surface area contributed by atoms with Crippen LogP contribution in [0, 0.1) is 0 Å². The number of carbonyl (C=O) groups is 2. The summed E-state index contributed by atoms with van der Waals surface area (Å²) < 4.78 is 6.17. The Labute approximate surface area is 185 Å². The lowest BCUT2D eigenvalue weighted by molar-refractivity contribution is -0.139. The molecule has 8 heteroatoms. The van der Waals surface area contributed by atoms with Gasteiger partial charge in [-0.05, 0) is 69.0 Å². The SMILES string of the molecule is CCOC(=O)C1=C(C)N(Cc2ccccc2)C(=O)NC1c1cc(Br)c(O)c(Br)c1. The topological polar surface area (TPSA) is 78.9 Å². The van der Waals surface area contributed by atoms with Crippen LogP contribution in [0.2, 0.25) is 0 Å². The van der Waals surface area contributed by atoms with Crippen LogP contribution in [0.5, 0.6) is 5.75 Å². The van der Waals surface area contributed by atoms with Crippen LogP contribution in [0.15, 0.2) is 62.7 Å². The molecule has 29 heavy (non-hydrogen) atoms. The van der Waals surface area contributed by atoms with Crippen molar-refractivity contribution in [3.63, 3.8) is 0 Å². The van der Waals surface area contributed by atoms with E-state index in [-0.39, 0.29) is 18.4 Å². The second-order valence-electron chi connectivity index (χ2n) is 6.51. The molecule has 1 heterocycles. The fourth-order valence-corrected chi connectivity index (χ4v) is 4.43. The molecule has 0 saturated carbocycles. The van der Waals surface area contributed by atoms with E-state index in [2.05, 4.69) is 37.2 Å². The van der Waals surface area contributed by atoms with Gasteiger partial charge >= 0.3 is 12.0 Å². The van der Waals surface area contributed by atoms with E-state index in [1.807, 2.05) is 30.3 Å². The second-order valence-corrected chi connectivity index (χ2v) is 8.22. The Kier molecular flexibility index (Phi) is 6.64. The van der Waals surface area contributed by atoms with E-state index in [1.165, 1.54) is 4.90 Å². The molecule has 2 amide bonds. The summed E-state index contributed by atoms with van der Waals surface area (Å²) in [6.45, 7) is 4.03. The first-order valence-corrected chi connectivity index (χ1v) is 10.6. The van der Waals surface area contributed by atoms with Crippen molar-refractivity contribution < 1.29 is 19.4 Å². The highest BCUT2D eigenvalue weighted by atomic mass is 79.9. The Morgan fingerprint density at radius 3 is 2.41 bits per heavy atom. The molecule has 1 aliphatic rings. The first-order chi connectivity index (χ1) is 13.8. The Morgan fingerprint density at radius 1 is 1.21 bits per heavy atom. The average molecular weight is 524 g/mol. The van der Waals surface area contributed by atoms with Crippen molar-refractivity contribution in [3.05, 3.63) is 73.8 Å². The summed E-state index contributed by atoms with van der Waals surface area (Å²) in [6.07, 6.45) is 0. The quantitative estimate of drug-likeness (QED) is 0.539. The molecular weight excluding hydrogens is 504 g/mol. The molecule has 152 valence electrons. The Hall–Kier alpha value is -2.32. The van der Waals surface area contributed by atoms with Crippen molar-refractivity contribution >= 4 is 43.9 Å². The molecule has 2 aromatic carbocycles. The van der Waals surface area contributed by atoms with Crippen molar-refractivity contribution in [2.24, 2.45) is 0 Å². The summed E-state index contributed by atoms with van der Waals surface area (Å²) in [5, 5.41) is 12.9. The number of allylic oxidation sites excluding steroid dienone is 1. The number of rotatable bonds is 5. The second kappa shape index (κ2) is 9.00. The number of phenolic OH excluding ortho intramolecular Hbond substituents is 1. The van der Waals surface area contributed by atoms with Gasteiger partial charge in [-0.25, -0.2) is 9.59 Å². The summed E-state index contributed by atoms with van der Waals surface area (Å²) in [5.41, 5.74) is 2.46. The van der Waals surface area contributed by atoms with Crippen LogP contribution in [-0.4, -0.2) is 28.6 Å². The molecular formula is C21H20Br2N2O4. The fraction of sp³-hybridized carbons (Fsp3) is 0.238. The van der Waals surface area contributed by atoms with Gasteiger partial charge in [-0.15, -0.1) is 0 Å². The number of hydrogen-bond acceptors (Lipinski definition) is 4. The molecule has 0 saturated heterocycles. The molecule has 0 aliphatic carbocycles. The summed E-state index contributed by atoms with van der Waals surface area (Å²) in [7, 11) is 0. The van der Waals surface area contributed by atoms with Crippen LogP contribution in [0.1, 0.15) is 31.0 Å². The van der Waals surface area contributed by atoms with Gasteiger partial charge in [0.1, 0.15) is 5.75 Å². The number of phenols is 1. The Bertz CT molecular complexity index is 953. The van der Waals surface area contributed by atoms with Gasteiger partial charge in [0.2, 0.25) is 0 Å². The molecule has 6 nitrogen and oxygen atoms in total. The summed E-state index contributed by atoms with van der Waals surface area (Å²) in [6, 6.07) is 11.9. The highest BCUT2D eigenvalue weighted by Gasteiger charge is 2.36. The predicted molar refractivity (Wildman–Crippen MR) is 116 cm³/mol. The number of hydrogen-bond donors (Lipinski definition) is 2. The average Bonchev–Trinajstić information content (AvgIpc) is 2.69. The van der Waals surface area contributed by atoms with Crippen LogP contribution in [0.3, 0.4) is 0 Å². The minimum Gasteiger partial charge on any atom is -0.506 e. The fourth-order valence-electron chi connectivity index (χ4n) is 3.21. The summed E-state index contributed by atoms with van der Waals surface area (Å²) in [4.78, 5) is 27.2. The zero-order valence-corrected chi connectivity index (χ0v) is 19.1. The maximum absolute atomic E-state index is 12.9. The van der Waals surface area contributed by atoms with Gasteiger partial charge in [-0.2, -0.15) is 0 Å². The number of ether oxygens (including phenoxy) is 1. The molecule has 1 atom stereocenters. The molecule has 0 bridgehead atoms. The lowest BCUT2D eigenvalue weighted by Crippen LogP contribution is -2.47. The van der Waals surface area contributed by atoms with Gasteiger partial charge in [-0.3, -0.25) is 4.90 Å². The van der Waals surface area contributed by atoms with Crippen molar-refractivity contribution in [2.75, 3.05) is 6.61 Å². The minimum absolute atomic E-state index is 0.0416. The standard InChI is InChI=1S/C21H20Br2N2O4/c1-3-29-20(27)17-12(2)25(11-13-7-5-4-6-8-13)21(28)24-18(17)14-9-15(22)19(26)16(23)10-14/h4-10,18,26H,3,11H2,1-2H3,(H,24,28). The normalized spacial score (nSPS) is 16.6. The largest absolute Gasteiger partial charge is 0.506 e. The van der Waals surface area contributed by atoms with E-state index in [9.17, 15) is 14.7 Å². The van der Waals surface area contributed by atoms with Gasteiger partial charge in [0.05, 0.1) is 33.7 Å². The van der Waals surface area contributed by atoms with Crippen molar-refractivity contribution in [1.29, 1.82) is 0 Å². The van der Waals surface area contributed by atoms with Gasteiger partial charge < -0.3 is 15.2 Å². The first kappa shape index (κ1) is 21.4. The highest BCUT2D eigenvalue weighted by Crippen LogP contribution is 2.39. The summed E-state index contributed by atoms with van der Waals surface area (Å²) in [5.74, 6) is -0.451. The molecule has 0 radical (unpaired) electrons. The number of esters is 1. The van der Waals surface area contributed by atoms with Gasteiger partial charge in [0.25, 0.3) is 0 Å². The number of urea groups is 1. The van der Waals surface area contributed by atoms with E-state index in [4.69, 9.17) is 4.74 Å². The maximum atomic E-state index is 12.9. The van der Waals surface area contributed by atoms with Crippen molar-refractivity contribution in [1.82, 2.24) is 10.2 Å². The van der Waals surface area contributed by atoms with Gasteiger partial charge in [0.15, 0.2) is 0 Å². The number of aromatic hydroxyl groups is 1. The van der Waals surface area contributed by atoms with E-state index >= 15 is 0 Å². The lowest BCUT2D eigenvalue weighted by atomic mass is 9.94. The third-order valence-corrected chi connectivity index (χ3v) is 5.86. The zero-order chi connectivity index (χ0) is 21.1. The molecule has 0 spiro atoms. The van der Waals surface area contributed by atoms with Crippen LogP contribution in [0.25, 0.3) is 0 Å². The first-order valence-electron chi connectivity index (χ1n) is 9.01.